The second kappa shape index (κ2) is 4.22. The number of rotatable bonds is 1. The van der Waals surface area contributed by atoms with Crippen LogP contribution in [-0.2, 0) is 4.79 Å². The molecule has 1 saturated carbocycles. The number of hydrogen-bond donors (Lipinski definition) is 1. The number of thioether (sulfide) groups is 1. The van der Waals surface area contributed by atoms with E-state index in [9.17, 15) is 4.79 Å². The molecule has 1 aliphatic heterocycles. The summed E-state index contributed by atoms with van der Waals surface area (Å²) in [5.74, 6) is 1.23. The van der Waals surface area contributed by atoms with Crippen LogP contribution in [0.4, 0.5) is 0 Å². The van der Waals surface area contributed by atoms with Gasteiger partial charge in [-0.05, 0) is 25.7 Å². The van der Waals surface area contributed by atoms with Gasteiger partial charge in [-0.1, -0.05) is 13.8 Å². The molecule has 2 rings (SSSR count). The lowest BCUT2D eigenvalue weighted by Crippen LogP contribution is -2.59. The van der Waals surface area contributed by atoms with E-state index in [1.54, 1.807) is 0 Å². The first kappa shape index (κ1) is 12.2. The maximum absolute atomic E-state index is 12.3. The largest absolute Gasteiger partial charge is 0.340 e. The molecule has 0 atom stereocenters. The lowest BCUT2D eigenvalue weighted by molar-refractivity contribution is -0.139. The van der Waals surface area contributed by atoms with Gasteiger partial charge in [0, 0.05) is 23.6 Å². The van der Waals surface area contributed by atoms with E-state index in [1.807, 2.05) is 16.7 Å². The topological polar surface area (TPSA) is 46.3 Å². The highest BCUT2D eigenvalue weighted by molar-refractivity contribution is 8.00. The summed E-state index contributed by atoms with van der Waals surface area (Å²) in [7, 11) is 0. The number of carbonyl (C=O) groups excluding carboxylic acids is 1. The van der Waals surface area contributed by atoms with Crippen LogP contribution in [0.2, 0.25) is 0 Å². The van der Waals surface area contributed by atoms with Crippen LogP contribution in [-0.4, -0.2) is 39.9 Å². The van der Waals surface area contributed by atoms with Crippen molar-refractivity contribution in [2.75, 3.05) is 18.8 Å². The van der Waals surface area contributed by atoms with Crippen LogP contribution in [0.25, 0.3) is 0 Å². The van der Waals surface area contributed by atoms with Crippen molar-refractivity contribution in [1.82, 2.24) is 4.90 Å². The van der Waals surface area contributed by atoms with E-state index < -0.39 is 5.54 Å². The summed E-state index contributed by atoms with van der Waals surface area (Å²) in [5, 5.41) is 0. The lowest BCUT2D eigenvalue weighted by atomic mass is 9.76. The van der Waals surface area contributed by atoms with Crippen molar-refractivity contribution >= 4 is 17.7 Å². The molecule has 0 spiro atoms. The predicted molar refractivity (Wildman–Crippen MR) is 68.5 cm³/mol. The van der Waals surface area contributed by atoms with Crippen molar-refractivity contribution in [2.45, 2.75) is 49.8 Å². The molecule has 16 heavy (non-hydrogen) atoms. The molecular weight excluding hydrogens is 220 g/mol. The third-order valence-corrected chi connectivity index (χ3v) is 5.17. The molecule has 0 unspecified atom stereocenters. The van der Waals surface area contributed by atoms with E-state index in [4.69, 9.17) is 5.73 Å². The minimum absolute atomic E-state index is 0.192. The zero-order valence-electron chi connectivity index (χ0n) is 10.3. The van der Waals surface area contributed by atoms with Crippen LogP contribution in [0.15, 0.2) is 0 Å². The first-order valence-electron chi connectivity index (χ1n) is 6.15. The Labute approximate surface area is 102 Å². The van der Waals surface area contributed by atoms with Gasteiger partial charge in [0.2, 0.25) is 5.91 Å². The number of nitrogens with two attached hydrogens (primary N) is 1. The van der Waals surface area contributed by atoms with E-state index in [0.717, 1.165) is 44.5 Å². The number of carbonyl (C=O) groups is 1. The molecule has 2 fully saturated rings. The normalized spacial score (nSPS) is 28.1. The molecule has 92 valence electrons. The SMILES string of the molecule is CC1(C)CCN(C(=O)C2(N)CCC2)CCS1. The highest BCUT2D eigenvalue weighted by Crippen LogP contribution is 2.34. The van der Waals surface area contributed by atoms with E-state index in [1.165, 1.54) is 0 Å². The summed E-state index contributed by atoms with van der Waals surface area (Å²) in [5.41, 5.74) is 5.58. The second-order valence-corrected chi connectivity index (χ2v) is 7.46. The molecule has 1 heterocycles. The summed E-state index contributed by atoms with van der Waals surface area (Å²) < 4.78 is 0.302. The van der Waals surface area contributed by atoms with E-state index in [-0.39, 0.29) is 5.91 Å². The van der Waals surface area contributed by atoms with Crippen LogP contribution < -0.4 is 5.73 Å². The number of hydrogen-bond acceptors (Lipinski definition) is 3. The van der Waals surface area contributed by atoms with Gasteiger partial charge in [0.05, 0.1) is 5.54 Å². The molecule has 1 amide bonds. The minimum atomic E-state index is -0.515. The van der Waals surface area contributed by atoms with Crippen LogP contribution >= 0.6 is 11.8 Å². The minimum Gasteiger partial charge on any atom is -0.340 e. The Balaban J connectivity index is 1.97. The Kier molecular flexibility index (Phi) is 3.23. The molecule has 1 saturated heterocycles. The maximum atomic E-state index is 12.3. The quantitative estimate of drug-likeness (QED) is 0.760. The van der Waals surface area contributed by atoms with Crippen molar-refractivity contribution in [3.05, 3.63) is 0 Å². The van der Waals surface area contributed by atoms with Crippen LogP contribution in [0, 0.1) is 0 Å². The fourth-order valence-electron chi connectivity index (χ4n) is 2.31. The average Bonchev–Trinajstić information content (AvgIpc) is 2.35. The average molecular weight is 242 g/mol. The van der Waals surface area contributed by atoms with Gasteiger partial charge in [-0.3, -0.25) is 4.79 Å². The molecule has 0 bridgehead atoms. The third-order valence-electron chi connectivity index (χ3n) is 3.80. The Hall–Kier alpha value is -0.220. The Morgan fingerprint density at radius 3 is 2.50 bits per heavy atom. The van der Waals surface area contributed by atoms with Crippen molar-refractivity contribution in [2.24, 2.45) is 5.73 Å². The summed E-state index contributed by atoms with van der Waals surface area (Å²) in [6.07, 6.45) is 3.92. The van der Waals surface area contributed by atoms with Gasteiger partial charge in [0.15, 0.2) is 0 Å². The molecule has 3 nitrogen and oxygen atoms in total. The molecule has 0 aromatic carbocycles. The lowest BCUT2D eigenvalue weighted by Gasteiger charge is -2.40. The highest BCUT2D eigenvalue weighted by Gasteiger charge is 2.43. The van der Waals surface area contributed by atoms with Gasteiger partial charge in [-0.15, -0.1) is 0 Å². The number of amides is 1. The van der Waals surface area contributed by atoms with Crippen molar-refractivity contribution in [3.63, 3.8) is 0 Å². The van der Waals surface area contributed by atoms with Crippen molar-refractivity contribution in [1.29, 1.82) is 0 Å². The van der Waals surface area contributed by atoms with Crippen molar-refractivity contribution in [3.8, 4) is 0 Å². The van der Waals surface area contributed by atoms with Gasteiger partial charge in [-0.2, -0.15) is 11.8 Å². The Morgan fingerprint density at radius 1 is 1.25 bits per heavy atom. The van der Waals surface area contributed by atoms with Crippen LogP contribution in [0.5, 0.6) is 0 Å². The molecule has 0 aromatic rings. The highest BCUT2D eigenvalue weighted by atomic mass is 32.2. The smallest absolute Gasteiger partial charge is 0.242 e. The van der Waals surface area contributed by atoms with Gasteiger partial charge in [0.1, 0.15) is 0 Å². The monoisotopic (exact) mass is 242 g/mol. The van der Waals surface area contributed by atoms with Crippen molar-refractivity contribution < 1.29 is 4.79 Å². The zero-order valence-corrected chi connectivity index (χ0v) is 11.1. The van der Waals surface area contributed by atoms with E-state index >= 15 is 0 Å². The number of nitrogens with zero attached hydrogens (tertiary/aromatic N) is 1. The predicted octanol–water partition coefficient (Wildman–Crippen LogP) is 1.61. The second-order valence-electron chi connectivity index (χ2n) is 5.66. The van der Waals surface area contributed by atoms with E-state index in [2.05, 4.69) is 13.8 Å². The van der Waals surface area contributed by atoms with Gasteiger partial charge in [-0.25, -0.2) is 0 Å². The first-order valence-corrected chi connectivity index (χ1v) is 7.14. The molecular formula is C12H22N2OS. The maximum Gasteiger partial charge on any atom is 0.242 e. The molecule has 2 N–H and O–H groups in total. The van der Waals surface area contributed by atoms with Crippen LogP contribution in [0.3, 0.4) is 0 Å². The molecule has 1 aliphatic carbocycles. The summed E-state index contributed by atoms with van der Waals surface area (Å²) in [4.78, 5) is 14.2. The fourth-order valence-corrected chi connectivity index (χ4v) is 3.41. The first-order chi connectivity index (χ1) is 7.43. The van der Waals surface area contributed by atoms with Gasteiger partial charge in [0.25, 0.3) is 0 Å². The Morgan fingerprint density at radius 2 is 1.94 bits per heavy atom. The van der Waals surface area contributed by atoms with E-state index in [0.29, 0.717) is 4.75 Å². The zero-order chi connectivity index (χ0) is 11.8. The molecule has 4 heteroatoms. The van der Waals surface area contributed by atoms with Gasteiger partial charge >= 0.3 is 0 Å². The Bertz CT molecular complexity index is 287. The molecule has 2 aliphatic rings. The summed E-state index contributed by atoms with van der Waals surface area (Å²) in [6.45, 7) is 6.25. The summed E-state index contributed by atoms with van der Waals surface area (Å²) >= 11 is 1.96. The van der Waals surface area contributed by atoms with Crippen LogP contribution in [0.1, 0.15) is 39.5 Å². The fraction of sp³-hybridized carbons (Fsp3) is 0.917. The standard InChI is InChI=1S/C12H22N2OS/c1-11(2)6-7-14(8-9-16-11)10(15)12(13)4-3-5-12/h3-9,13H2,1-2H3. The molecule has 0 radical (unpaired) electrons. The summed E-state index contributed by atoms with van der Waals surface area (Å²) in [6, 6.07) is 0. The van der Waals surface area contributed by atoms with Gasteiger partial charge < -0.3 is 10.6 Å². The third kappa shape index (κ3) is 2.38. The molecule has 0 aromatic heterocycles.